The van der Waals surface area contributed by atoms with Gasteiger partial charge in [-0.05, 0) is 69.9 Å². The van der Waals surface area contributed by atoms with Crippen LogP contribution >= 0.6 is 0 Å². The minimum Gasteiger partial charge on any atom is -0.494 e. The van der Waals surface area contributed by atoms with Crippen molar-refractivity contribution in [2.75, 3.05) is 27.2 Å². The number of hydrogen-bond acceptors (Lipinski definition) is 2. The van der Waals surface area contributed by atoms with Gasteiger partial charge < -0.3 is 9.64 Å². The van der Waals surface area contributed by atoms with Gasteiger partial charge in [0.2, 0.25) is 0 Å². The highest BCUT2D eigenvalue weighted by atomic mass is 16.5. The lowest BCUT2D eigenvalue weighted by Gasteiger charge is -2.15. The average Bonchev–Trinajstić information content (AvgIpc) is 2.51. The van der Waals surface area contributed by atoms with Crippen molar-refractivity contribution in [2.45, 2.75) is 53.4 Å². The molecule has 122 valence electrons. The van der Waals surface area contributed by atoms with Gasteiger partial charge in [0.1, 0.15) is 5.75 Å². The van der Waals surface area contributed by atoms with E-state index >= 15 is 0 Å². The normalized spacial score (nSPS) is 11.8. The van der Waals surface area contributed by atoms with Crippen molar-refractivity contribution in [1.82, 2.24) is 4.90 Å². The van der Waals surface area contributed by atoms with Crippen molar-refractivity contribution in [3.8, 4) is 5.75 Å². The topological polar surface area (TPSA) is 12.5 Å². The molecule has 0 aromatic heterocycles. The lowest BCUT2D eigenvalue weighted by molar-refractivity contribution is 0.284. The Kier molecular flexibility index (Phi) is 12.1. The van der Waals surface area contributed by atoms with Crippen LogP contribution in [0, 0.1) is 5.92 Å². The molecule has 1 rings (SSSR count). The second-order valence-electron chi connectivity index (χ2n) is 5.69. The van der Waals surface area contributed by atoms with Crippen LogP contribution in [-0.2, 0) is 6.42 Å². The molecule has 0 saturated carbocycles. The first-order valence-corrected chi connectivity index (χ1v) is 8.48. The lowest BCUT2D eigenvalue weighted by Crippen LogP contribution is -2.15. The fraction of sp³-hybridized carbons (Fsp3) is 0.684. The molecule has 0 bridgehead atoms. The summed E-state index contributed by atoms with van der Waals surface area (Å²) < 4.78 is 5.81. The first kappa shape index (κ1) is 20.0. The van der Waals surface area contributed by atoms with Gasteiger partial charge in [0, 0.05) is 0 Å². The van der Waals surface area contributed by atoms with Crippen LogP contribution in [0.4, 0.5) is 0 Å². The van der Waals surface area contributed by atoms with Crippen molar-refractivity contribution in [2.24, 2.45) is 5.92 Å². The summed E-state index contributed by atoms with van der Waals surface area (Å²) in [7, 11) is 4.27. The molecule has 0 N–H and O–H groups in total. The third-order valence-electron chi connectivity index (χ3n) is 3.49. The Labute approximate surface area is 132 Å². The smallest absolute Gasteiger partial charge is 0.119 e. The van der Waals surface area contributed by atoms with E-state index in [1.54, 1.807) is 0 Å². The molecule has 0 radical (unpaired) electrons. The summed E-state index contributed by atoms with van der Waals surface area (Å²) in [5.74, 6) is 1.80. The van der Waals surface area contributed by atoms with E-state index in [9.17, 15) is 0 Å². The van der Waals surface area contributed by atoms with Crippen LogP contribution in [0.1, 0.15) is 52.5 Å². The summed E-state index contributed by atoms with van der Waals surface area (Å²) in [4.78, 5) is 2.25. The molecule has 1 unspecified atom stereocenters. The summed E-state index contributed by atoms with van der Waals surface area (Å²) in [5, 5.41) is 0. The van der Waals surface area contributed by atoms with Gasteiger partial charge in [0.25, 0.3) is 0 Å². The fourth-order valence-corrected chi connectivity index (χ4v) is 2.10. The summed E-state index contributed by atoms with van der Waals surface area (Å²) >= 11 is 0. The molecule has 0 amide bonds. The van der Waals surface area contributed by atoms with E-state index < -0.39 is 0 Å². The van der Waals surface area contributed by atoms with Crippen molar-refractivity contribution in [1.29, 1.82) is 0 Å². The van der Waals surface area contributed by atoms with Crippen molar-refractivity contribution in [3.05, 3.63) is 29.8 Å². The third-order valence-corrected chi connectivity index (χ3v) is 3.49. The van der Waals surface area contributed by atoms with E-state index in [1.165, 1.54) is 24.9 Å². The van der Waals surface area contributed by atoms with Gasteiger partial charge in [-0.3, -0.25) is 0 Å². The van der Waals surface area contributed by atoms with Crippen LogP contribution < -0.4 is 4.74 Å². The monoisotopic (exact) mass is 293 g/mol. The fourth-order valence-electron chi connectivity index (χ4n) is 2.10. The Hall–Kier alpha value is -1.02. The van der Waals surface area contributed by atoms with Crippen LogP contribution in [0.3, 0.4) is 0 Å². The van der Waals surface area contributed by atoms with E-state index in [1.807, 2.05) is 13.8 Å². The first-order valence-electron chi connectivity index (χ1n) is 8.48. The molecule has 2 nitrogen and oxygen atoms in total. The zero-order valence-electron chi connectivity index (χ0n) is 15.0. The highest BCUT2D eigenvalue weighted by molar-refractivity contribution is 5.28. The van der Waals surface area contributed by atoms with Gasteiger partial charge in [0.15, 0.2) is 0 Å². The van der Waals surface area contributed by atoms with E-state index in [0.29, 0.717) is 0 Å². The van der Waals surface area contributed by atoms with Crippen LogP contribution in [0.25, 0.3) is 0 Å². The molecule has 1 aromatic rings. The van der Waals surface area contributed by atoms with Crippen molar-refractivity contribution >= 4 is 0 Å². The van der Waals surface area contributed by atoms with Crippen molar-refractivity contribution in [3.63, 3.8) is 0 Å². The zero-order chi connectivity index (χ0) is 16.1. The summed E-state index contributed by atoms with van der Waals surface area (Å²) in [6.07, 6.45) is 4.74. The maximum absolute atomic E-state index is 5.81. The summed E-state index contributed by atoms with van der Waals surface area (Å²) in [5.41, 5.74) is 1.34. The molecular formula is C19H35NO. The number of ether oxygens (including phenoxy) is 1. The molecular weight excluding hydrogens is 258 g/mol. The first-order chi connectivity index (χ1) is 10.1. The predicted molar refractivity (Wildman–Crippen MR) is 94.2 cm³/mol. The molecule has 1 aromatic carbocycles. The number of hydrogen-bond donors (Lipinski definition) is 0. The van der Waals surface area contributed by atoms with Gasteiger partial charge in [-0.1, -0.05) is 39.8 Å². The highest BCUT2D eigenvalue weighted by Crippen LogP contribution is 2.15. The number of aryl methyl sites for hydroxylation is 1. The molecule has 2 heteroatoms. The molecule has 0 saturated heterocycles. The van der Waals surface area contributed by atoms with Gasteiger partial charge in [0.05, 0.1) is 6.61 Å². The Balaban J connectivity index is 0.00000191. The van der Waals surface area contributed by atoms with Gasteiger partial charge >= 0.3 is 0 Å². The molecule has 21 heavy (non-hydrogen) atoms. The van der Waals surface area contributed by atoms with Crippen molar-refractivity contribution < 1.29 is 4.74 Å². The predicted octanol–water partition coefficient (Wildman–Crippen LogP) is 5.02. The van der Waals surface area contributed by atoms with E-state index in [-0.39, 0.29) is 0 Å². The Morgan fingerprint density at radius 1 is 1.14 bits per heavy atom. The van der Waals surface area contributed by atoms with Crippen LogP contribution in [-0.4, -0.2) is 32.1 Å². The van der Waals surface area contributed by atoms with Crippen LogP contribution in [0.15, 0.2) is 24.3 Å². The molecule has 0 aliphatic carbocycles. The summed E-state index contributed by atoms with van der Waals surface area (Å²) in [6.45, 7) is 10.5. The quantitative estimate of drug-likeness (QED) is 0.593. The summed E-state index contributed by atoms with van der Waals surface area (Å²) in [6, 6.07) is 8.42. The van der Waals surface area contributed by atoms with Crippen LogP contribution in [0.5, 0.6) is 5.75 Å². The number of rotatable bonds is 9. The SMILES string of the molecule is CC.CCc1cccc(OCCCC(C)CCN(C)C)c1. The Bertz CT molecular complexity index is 349. The minimum atomic E-state index is 0.785. The largest absolute Gasteiger partial charge is 0.494 e. The Morgan fingerprint density at radius 3 is 2.48 bits per heavy atom. The van der Waals surface area contributed by atoms with Gasteiger partial charge in [-0.15, -0.1) is 0 Å². The molecule has 0 aliphatic rings. The average molecular weight is 293 g/mol. The molecule has 0 heterocycles. The lowest BCUT2D eigenvalue weighted by atomic mass is 10.0. The Morgan fingerprint density at radius 2 is 1.86 bits per heavy atom. The number of nitrogens with zero attached hydrogens (tertiary/aromatic N) is 1. The minimum absolute atomic E-state index is 0.785. The third kappa shape index (κ3) is 10.4. The second-order valence-corrected chi connectivity index (χ2v) is 5.69. The standard InChI is InChI=1S/C17H29NO.C2H6/c1-5-16-9-6-10-17(14-16)19-13-7-8-15(2)11-12-18(3)4;1-2/h6,9-10,14-15H,5,7-8,11-13H2,1-4H3;1-2H3. The number of benzene rings is 1. The van der Waals surface area contributed by atoms with E-state index in [4.69, 9.17) is 4.74 Å². The van der Waals surface area contributed by atoms with Gasteiger partial charge in [-0.2, -0.15) is 0 Å². The van der Waals surface area contributed by atoms with Crippen LogP contribution in [0.2, 0.25) is 0 Å². The van der Waals surface area contributed by atoms with E-state index in [2.05, 4.69) is 57.1 Å². The molecule has 0 spiro atoms. The molecule has 1 atom stereocenters. The molecule has 0 fully saturated rings. The maximum Gasteiger partial charge on any atom is 0.119 e. The molecule has 0 aliphatic heterocycles. The van der Waals surface area contributed by atoms with Gasteiger partial charge in [-0.25, -0.2) is 0 Å². The highest BCUT2D eigenvalue weighted by Gasteiger charge is 2.03. The zero-order valence-corrected chi connectivity index (χ0v) is 15.0. The second kappa shape index (κ2) is 12.7. The van der Waals surface area contributed by atoms with E-state index in [0.717, 1.165) is 31.1 Å². The maximum atomic E-state index is 5.81.